The van der Waals surface area contributed by atoms with Crippen LogP contribution in [0.4, 0.5) is 0 Å². The Labute approximate surface area is 157 Å². The Kier molecular flexibility index (Phi) is 14.7. The highest BCUT2D eigenvalue weighted by Crippen LogP contribution is 2.12. The Morgan fingerprint density at radius 1 is 1.12 bits per heavy atom. The van der Waals surface area contributed by atoms with E-state index in [0.29, 0.717) is 5.88 Å². The second-order valence-electron chi connectivity index (χ2n) is 4.85. The van der Waals surface area contributed by atoms with Crippen molar-refractivity contribution in [3.63, 3.8) is 0 Å². The van der Waals surface area contributed by atoms with Gasteiger partial charge in [0.05, 0.1) is 6.61 Å². The largest absolute Gasteiger partial charge is 0.478 e. The van der Waals surface area contributed by atoms with E-state index in [1.807, 2.05) is 12.1 Å². The van der Waals surface area contributed by atoms with Crippen LogP contribution < -0.4 is 10.1 Å². The first-order chi connectivity index (χ1) is 11.3. The number of pyridine rings is 1. The van der Waals surface area contributed by atoms with Crippen LogP contribution in [0.5, 0.6) is 5.88 Å². The molecule has 0 spiro atoms. The molecular weight excluding hydrogens is 420 g/mol. The third kappa shape index (κ3) is 19.7. The Morgan fingerprint density at radius 2 is 1.75 bits per heavy atom. The number of ether oxygens (including phenoxy) is 1. The lowest BCUT2D eigenvalue weighted by Gasteiger charge is -2.05. The lowest BCUT2D eigenvalue weighted by molar-refractivity contribution is 0.293. The van der Waals surface area contributed by atoms with Gasteiger partial charge in [0.2, 0.25) is 5.88 Å². The zero-order valence-electron chi connectivity index (χ0n) is 13.4. The summed E-state index contributed by atoms with van der Waals surface area (Å²) in [5.41, 5.74) is 0. The van der Waals surface area contributed by atoms with Gasteiger partial charge >= 0.3 is 10.4 Å². The molecule has 0 amide bonds. The second-order valence-corrected chi connectivity index (χ2v) is 7.11. The van der Waals surface area contributed by atoms with Crippen LogP contribution in [0, 0.1) is 0 Å². The minimum Gasteiger partial charge on any atom is -0.478 e. The van der Waals surface area contributed by atoms with Crippen molar-refractivity contribution >= 4 is 39.0 Å². The van der Waals surface area contributed by atoms with E-state index in [4.69, 9.17) is 22.3 Å². The minimum absolute atomic E-state index is 0.708. The first-order valence-corrected chi connectivity index (χ1v) is 10.4. The molecule has 1 rings (SSSR count). The zero-order chi connectivity index (χ0) is 18.3. The molecular formula is C14H25BrN2O5S2. The van der Waals surface area contributed by atoms with Gasteiger partial charge in [0, 0.05) is 29.0 Å². The summed E-state index contributed by atoms with van der Waals surface area (Å²) in [7, 11) is -4.67. The van der Waals surface area contributed by atoms with Gasteiger partial charge in [0.25, 0.3) is 0 Å². The topological polar surface area (TPSA) is 109 Å². The van der Waals surface area contributed by atoms with E-state index in [0.717, 1.165) is 36.3 Å². The summed E-state index contributed by atoms with van der Waals surface area (Å²) in [4.78, 5) is 4.17. The van der Waals surface area contributed by atoms with Gasteiger partial charge in [-0.1, -0.05) is 19.3 Å². The van der Waals surface area contributed by atoms with E-state index in [9.17, 15) is 0 Å². The SMILES string of the molecule is O=S(=O)(O)O.SCCNCCCCCCCOc1ccc(Br)cn1. The minimum atomic E-state index is -4.67. The molecule has 0 atom stereocenters. The van der Waals surface area contributed by atoms with Gasteiger partial charge in [-0.25, -0.2) is 4.98 Å². The van der Waals surface area contributed by atoms with Crippen molar-refractivity contribution in [3.8, 4) is 5.88 Å². The van der Waals surface area contributed by atoms with Gasteiger partial charge in [-0.3, -0.25) is 9.11 Å². The fourth-order valence-corrected chi connectivity index (χ4v) is 2.10. The number of hydrogen-bond donors (Lipinski definition) is 4. The van der Waals surface area contributed by atoms with Crippen molar-refractivity contribution in [3.05, 3.63) is 22.8 Å². The third-order valence-corrected chi connectivity index (χ3v) is 3.43. The maximum absolute atomic E-state index is 8.74. The summed E-state index contributed by atoms with van der Waals surface area (Å²) in [5, 5.41) is 3.35. The van der Waals surface area contributed by atoms with Crippen molar-refractivity contribution in [1.29, 1.82) is 0 Å². The monoisotopic (exact) mass is 444 g/mol. The molecule has 1 heterocycles. The fraction of sp³-hybridized carbons (Fsp3) is 0.643. The summed E-state index contributed by atoms with van der Waals surface area (Å²) >= 11 is 7.50. The highest BCUT2D eigenvalue weighted by molar-refractivity contribution is 9.10. The molecule has 3 N–H and O–H groups in total. The normalized spacial score (nSPS) is 10.8. The lowest BCUT2D eigenvalue weighted by Crippen LogP contribution is -2.17. The molecule has 0 aliphatic heterocycles. The molecule has 24 heavy (non-hydrogen) atoms. The molecule has 0 bridgehead atoms. The highest BCUT2D eigenvalue weighted by atomic mass is 79.9. The van der Waals surface area contributed by atoms with Gasteiger partial charge in [0.15, 0.2) is 0 Å². The summed E-state index contributed by atoms with van der Waals surface area (Å²) in [6.07, 6.45) is 7.90. The standard InChI is InChI=1S/C14H23BrN2OS.H2O4S/c15-13-6-7-14(17-12-13)18-10-5-3-1-2-4-8-16-9-11-19;1-5(2,3)4/h6-7,12,16,19H,1-5,8-11H2;(H2,1,2,3,4). The van der Waals surface area contributed by atoms with E-state index in [1.54, 1.807) is 6.20 Å². The quantitative estimate of drug-likeness (QED) is 0.236. The van der Waals surface area contributed by atoms with Crippen LogP contribution in [0.15, 0.2) is 22.8 Å². The first-order valence-electron chi connectivity index (χ1n) is 7.58. The average molecular weight is 445 g/mol. The Morgan fingerprint density at radius 3 is 2.33 bits per heavy atom. The predicted octanol–water partition coefficient (Wildman–Crippen LogP) is 3.04. The number of hydrogen-bond acceptors (Lipinski definition) is 6. The molecule has 0 unspecified atom stereocenters. The summed E-state index contributed by atoms with van der Waals surface area (Å²) in [5.74, 6) is 1.63. The molecule has 10 heteroatoms. The molecule has 0 aliphatic rings. The van der Waals surface area contributed by atoms with E-state index < -0.39 is 10.4 Å². The lowest BCUT2D eigenvalue weighted by atomic mass is 10.1. The molecule has 0 aromatic carbocycles. The van der Waals surface area contributed by atoms with Crippen LogP contribution in [-0.2, 0) is 10.4 Å². The van der Waals surface area contributed by atoms with Crippen molar-refractivity contribution in [2.75, 3.05) is 25.4 Å². The van der Waals surface area contributed by atoms with E-state index in [-0.39, 0.29) is 0 Å². The summed E-state index contributed by atoms with van der Waals surface area (Å²) in [6.45, 7) is 2.88. The number of thiol groups is 1. The van der Waals surface area contributed by atoms with Gasteiger partial charge in [-0.2, -0.15) is 21.0 Å². The summed E-state index contributed by atoms with van der Waals surface area (Å²) < 4.78 is 38.1. The van der Waals surface area contributed by atoms with Crippen LogP contribution in [0.1, 0.15) is 32.1 Å². The first kappa shape index (κ1) is 23.6. The zero-order valence-corrected chi connectivity index (χ0v) is 16.7. The molecule has 140 valence electrons. The molecule has 0 fully saturated rings. The van der Waals surface area contributed by atoms with Crippen LogP contribution in [0.3, 0.4) is 0 Å². The molecule has 1 aromatic heterocycles. The second kappa shape index (κ2) is 14.9. The maximum atomic E-state index is 8.74. The average Bonchev–Trinajstić information content (AvgIpc) is 2.49. The molecule has 0 aliphatic carbocycles. The van der Waals surface area contributed by atoms with Gasteiger partial charge < -0.3 is 10.1 Å². The van der Waals surface area contributed by atoms with Crippen LogP contribution in [-0.4, -0.2) is 48.0 Å². The van der Waals surface area contributed by atoms with Crippen LogP contribution in [0.2, 0.25) is 0 Å². The number of aromatic nitrogens is 1. The number of unbranched alkanes of at least 4 members (excludes halogenated alkanes) is 4. The number of halogens is 1. The van der Waals surface area contributed by atoms with E-state index in [2.05, 4.69) is 38.9 Å². The van der Waals surface area contributed by atoms with Gasteiger partial charge in [-0.15, -0.1) is 0 Å². The molecule has 0 saturated heterocycles. The van der Waals surface area contributed by atoms with Crippen molar-refractivity contribution in [1.82, 2.24) is 10.3 Å². The van der Waals surface area contributed by atoms with Crippen LogP contribution >= 0.6 is 28.6 Å². The van der Waals surface area contributed by atoms with Gasteiger partial charge in [-0.05, 0) is 41.4 Å². The van der Waals surface area contributed by atoms with Crippen molar-refractivity contribution < 1.29 is 22.3 Å². The van der Waals surface area contributed by atoms with Crippen LogP contribution in [0.25, 0.3) is 0 Å². The molecule has 0 radical (unpaired) electrons. The Bertz CT molecular complexity index is 506. The smallest absolute Gasteiger partial charge is 0.394 e. The highest BCUT2D eigenvalue weighted by Gasteiger charge is 1.96. The number of nitrogens with zero attached hydrogens (tertiary/aromatic N) is 1. The number of nitrogens with one attached hydrogen (secondary N) is 1. The van der Waals surface area contributed by atoms with Crippen molar-refractivity contribution in [2.24, 2.45) is 0 Å². The molecule has 7 nitrogen and oxygen atoms in total. The fourth-order valence-electron chi connectivity index (χ4n) is 1.71. The van der Waals surface area contributed by atoms with E-state index >= 15 is 0 Å². The van der Waals surface area contributed by atoms with Crippen molar-refractivity contribution in [2.45, 2.75) is 32.1 Å². The number of rotatable bonds is 11. The molecule has 1 aromatic rings. The third-order valence-electron chi connectivity index (χ3n) is 2.74. The Hall–Kier alpha value is -0.390. The predicted molar refractivity (Wildman–Crippen MR) is 101 cm³/mol. The van der Waals surface area contributed by atoms with Gasteiger partial charge in [0.1, 0.15) is 0 Å². The summed E-state index contributed by atoms with van der Waals surface area (Å²) in [6, 6.07) is 3.83. The Balaban J connectivity index is 0.000000922. The molecule has 0 saturated carbocycles. The maximum Gasteiger partial charge on any atom is 0.394 e. The van der Waals surface area contributed by atoms with E-state index in [1.165, 1.54) is 25.7 Å².